The molecule has 1 fully saturated rings. The molecule has 0 bridgehead atoms. The second kappa shape index (κ2) is 5.00. The van der Waals surface area contributed by atoms with E-state index in [2.05, 4.69) is 9.97 Å². The van der Waals surface area contributed by atoms with E-state index in [1.807, 2.05) is 18.2 Å². The molecule has 0 radical (unpaired) electrons. The summed E-state index contributed by atoms with van der Waals surface area (Å²) in [6, 6.07) is 7.39. The van der Waals surface area contributed by atoms with Gasteiger partial charge in [-0.05, 0) is 31.0 Å². The summed E-state index contributed by atoms with van der Waals surface area (Å²) in [5, 5.41) is 0. The molecular formula is C15H17N3O2. The Kier molecular flexibility index (Phi) is 3.18. The van der Waals surface area contributed by atoms with Gasteiger partial charge in [0, 0.05) is 17.5 Å². The van der Waals surface area contributed by atoms with Crippen molar-refractivity contribution in [3.63, 3.8) is 0 Å². The lowest BCUT2D eigenvalue weighted by Gasteiger charge is -2.11. The van der Waals surface area contributed by atoms with Gasteiger partial charge in [0.05, 0.1) is 19.9 Å². The molecule has 0 unspecified atom stereocenters. The van der Waals surface area contributed by atoms with Crippen LogP contribution in [0, 0.1) is 0 Å². The Hall–Kier alpha value is -2.30. The van der Waals surface area contributed by atoms with E-state index in [1.54, 1.807) is 20.3 Å². The Morgan fingerprint density at radius 2 is 1.90 bits per heavy atom. The number of ether oxygens (including phenoxy) is 2. The van der Waals surface area contributed by atoms with Crippen LogP contribution in [0.4, 0.5) is 5.82 Å². The quantitative estimate of drug-likeness (QED) is 0.925. The first-order valence-electron chi connectivity index (χ1n) is 6.58. The molecule has 0 amide bonds. The van der Waals surface area contributed by atoms with Gasteiger partial charge in [0.2, 0.25) is 0 Å². The number of anilines is 1. The lowest BCUT2D eigenvalue weighted by molar-refractivity contribution is 0.404. The molecule has 1 aromatic heterocycles. The number of nitrogens with zero attached hydrogens (tertiary/aromatic N) is 2. The Bertz CT molecular complexity index is 639. The minimum Gasteiger partial charge on any atom is -0.497 e. The first-order valence-corrected chi connectivity index (χ1v) is 6.58. The molecule has 20 heavy (non-hydrogen) atoms. The number of methoxy groups -OCH3 is 2. The van der Waals surface area contributed by atoms with Crippen molar-refractivity contribution in [3.05, 3.63) is 30.1 Å². The topological polar surface area (TPSA) is 70.3 Å². The van der Waals surface area contributed by atoms with Crippen LogP contribution in [-0.4, -0.2) is 24.2 Å². The predicted molar refractivity (Wildman–Crippen MR) is 77.0 cm³/mol. The van der Waals surface area contributed by atoms with Crippen LogP contribution in [0.1, 0.15) is 24.6 Å². The van der Waals surface area contributed by atoms with Gasteiger partial charge in [0.15, 0.2) is 0 Å². The van der Waals surface area contributed by atoms with Gasteiger partial charge in [-0.25, -0.2) is 9.97 Å². The standard InChI is InChI=1S/C15H17N3O2/c1-19-10-5-6-13(20-2)11(7-10)12-8-14(16)18-15(17-12)9-3-4-9/h5-9H,3-4H2,1-2H3,(H2,16,17,18). The molecule has 0 atom stereocenters. The lowest BCUT2D eigenvalue weighted by atomic mass is 10.1. The molecule has 2 aromatic rings. The van der Waals surface area contributed by atoms with Crippen LogP contribution in [0.25, 0.3) is 11.3 Å². The minimum atomic E-state index is 0.453. The van der Waals surface area contributed by atoms with Crippen LogP contribution in [-0.2, 0) is 0 Å². The number of benzene rings is 1. The normalized spacial score (nSPS) is 14.1. The van der Waals surface area contributed by atoms with Crippen LogP contribution in [0.2, 0.25) is 0 Å². The highest BCUT2D eigenvalue weighted by atomic mass is 16.5. The van der Waals surface area contributed by atoms with Crippen molar-refractivity contribution in [1.82, 2.24) is 9.97 Å². The summed E-state index contributed by atoms with van der Waals surface area (Å²) in [6.45, 7) is 0. The summed E-state index contributed by atoms with van der Waals surface area (Å²) >= 11 is 0. The molecule has 5 heteroatoms. The van der Waals surface area contributed by atoms with Gasteiger partial charge >= 0.3 is 0 Å². The van der Waals surface area contributed by atoms with Crippen LogP contribution in [0.5, 0.6) is 11.5 Å². The van der Waals surface area contributed by atoms with Crippen molar-refractivity contribution < 1.29 is 9.47 Å². The largest absolute Gasteiger partial charge is 0.497 e. The van der Waals surface area contributed by atoms with E-state index in [0.29, 0.717) is 11.7 Å². The van der Waals surface area contributed by atoms with Crippen LogP contribution in [0.3, 0.4) is 0 Å². The van der Waals surface area contributed by atoms with Crippen molar-refractivity contribution >= 4 is 5.82 Å². The van der Waals surface area contributed by atoms with E-state index in [0.717, 1.165) is 41.4 Å². The Morgan fingerprint density at radius 1 is 1.10 bits per heavy atom. The maximum atomic E-state index is 5.90. The monoisotopic (exact) mass is 271 g/mol. The fraction of sp³-hybridized carbons (Fsp3) is 0.333. The van der Waals surface area contributed by atoms with Crippen molar-refractivity contribution in [2.24, 2.45) is 0 Å². The number of hydrogen-bond acceptors (Lipinski definition) is 5. The molecule has 1 aliphatic rings. The van der Waals surface area contributed by atoms with E-state index < -0.39 is 0 Å². The highest BCUT2D eigenvalue weighted by Gasteiger charge is 2.27. The van der Waals surface area contributed by atoms with Gasteiger partial charge < -0.3 is 15.2 Å². The van der Waals surface area contributed by atoms with Gasteiger partial charge in [0.1, 0.15) is 23.1 Å². The summed E-state index contributed by atoms with van der Waals surface area (Å²) in [5.41, 5.74) is 7.54. The summed E-state index contributed by atoms with van der Waals surface area (Å²) < 4.78 is 10.7. The van der Waals surface area contributed by atoms with Crippen molar-refractivity contribution in [3.8, 4) is 22.8 Å². The molecule has 0 spiro atoms. The second-order valence-electron chi connectivity index (χ2n) is 4.88. The fourth-order valence-electron chi connectivity index (χ4n) is 2.16. The van der Waals surface area contributed by atoms with Gasteiger partial charge in [-0.15, -0.1) is 0 Å². The van der Waals surface area contributed by atoms with Crippen molar-refractivity contribution in [1.29, 1.82) is 0 Å². The molecule has 5 nitrogen and oxygen atoms in total. The lowest BCUT2D eigenvalue weighted by Crippen LogP contribution is -2.01. The summed E-state index contributed by atoms with van der Waals surface area (Å²) in [4.78, 5) is 8.94. The molecule has 0 aliphatic heterocycles. The first-order chi connectivity index (χ1) is 9.71. The number of nitrogens with two attached hydrogens (primary N) is 1. The number of rotatable bonds is 4. The molecule has 1 saturated carbocycles. The average Bonchev–Trinajstić information content (AvgIpc) is 3.30. The van der Waals surface area contributed by atoms with Gasteiger partial charge in [-0.3, -0.25) is 0 Å². The maximum Gasteiger partial charge on any atom is 0.134 e. The molecule has 1 heterocycles. The molecule has 1 aliphatic carbocycles. The second-order valence-corrected chi connectivity index (χ2v) is 4.88. The molecule has 2 N–H and O–H groups in total. The van der Waals surface area contributed by atoms with E-state index in [4.69, 9.17) is 15.2 Å². The zero-order chi connectivity index (χ0) is 14.1. The smallest absolute Gasteiger partial charge is 0.134 e. The van der Waals surface area contributed by atoms with E-state index in [-0.39, 0.29) is 0 Å². The van der Waals surface area contributed by atoms with Crippen molar-refractivity contribution in [2.75, 3.05) is 20.0 Å². The third-order valence-electron chi connectivity index (χ3n) is 3.39. The summed E-state index contributed by atoms with van der Waals surface area (Å²) in [5.74, 6) is 3.26. The van der Waals surface area contributed by atoms with Crippen LogP contribution < -0.4 is 15.2 Å². The highest BCUT2D eigenvalue weighted by Crippen LogP contribution is 2.40. The van der Waals surface area contributed by atoms with Gasteiger partial charge in [-0.1, -0.05) is 0 Å². The molecule has 0 saturated heterocycles. The highest BCUT2D eigenvalue weighted by molar-refractivity contribution is 5.70. The zero-order valence-electron chi connectivity index (χ0n) is 11.6. The Labute approximate surface area is 117 Å². The van der Waals surface area contributed by atoms with Gasteiger partial charge in [-0.2, -0.15) is 0 Å². The number of hydrogen-bond donors (Lipinski definition) is 1. The average molecular weight is 271 g/mol. The third kappa shape index (κ3) is 2.39. The maximum absolute atomic E-state index is 5.90. The number of aromatic nitrogens is 2. The zero-order valence-corrected chi connectivity index (χ0v) is 11.6. The SMILES string of the molecule is COc1ccc(OC)c(-c2cc(N)nc(C3CC3)n2)c1. The molecule has 1 aromatic carbocycles. The first kappa shape index (κ1) is 12.7. The van der Waals surface area contributed by atoms with Crippen molar-refractivity contribution in [2.45, 2.75) is 18.8 Å². The van der Waals surface area contributed by atoms with Crippen LogP contribution >= 0.6 is 0 Å². The van der Waals surface area contributed by atoms with E-state index >= 15 is 0 Å². The third-order valence-corrected chi connectivity index (χ3v) is 3.39. The number of nitrogen functional groups attached to an aromatic ring is 1. The molecule has 3 rings (SSSR count). The molecule has 104 valence electrons. The predicted octanol–water partition coefficient (Wildman–Crippen LogP) is 2.62. The summed E-state index contributed by atoms with van der Waals surface area (Å²) in [6.07, 6.45) is 2.27. The minimum absolute atomic E-state index is 0.453. The molecular weight excluding hydrogens is 254 g/mol. The van der Waals surface area contributed by atoms with Crippen LogP contribution in [0.15, 0.2) is 24.3 Å². The fourth-order valence-corrected chi connectivity index (χ4v) is 2.16. The Morgan fingerprint density at radius 3 is 2.55 bits per heavy atom. The van der Waals surface area contributed by atoms with E-state index in [1.165, 1.54) is 0 Å². The Balaban J connectivity index is 2.11. The van der Waals surface area contributed by atoms with E-state index in [9.17, 15) is 0 Å². The van der Waals surface area contributed by atoms with Gasteiger partial charge in [0.25, 0.3) is 0 Å². The summed E-state index contributed by atoms with van der Waals surface area (Å²) in [7, 11) is 3.27.